The molecule has 1 aromatic carbocycles. The molecular weight excluding hydrogens is 312 g/mol. The van der Waals surface area contributed by atoms with E-state index in [2.05, 4.69) is 15.0 Å². The Balaban J connectivity index is 2.22. The fraction of sp³-hybridized carbons (Fsp3) is 0.312. The topological polar surface area (TPSA) is 77.7 Å². The second-order valence-corrected chi connectivity index (χ2v) is 7.43. The normalized spacial score (nSPS) is 11.9. The van der Waals surface area contributed by atoms with Crippen molar-refractivity contribution in [3.8, 4) is 5.82 Å². The Bertz CT molecular complexity index is 948. The predicted octanol–water partition coefficient (Wildman–Crippen LogP) is 2.56. The summed E-state index contributed by atoms with van der Waals surface area (Å²) in [5.74, 6) is 0.511. The molecule has 0 saturated carbocycles. The zero-order valence-corrected chi connectivity index (χ0v) is 13.9. The first kappa shape index (κ1) is 15.6. The molecule has 0 atom stereocenters. The Kier molecular flexibility index (Phi) is 4.12. The summed E-state index contributed by atoms with van der Waals surface area (Å²) in [7, 11) is -3.46. The van der Waals surface area contributed by atoms with Gasteiger partial charge >= 0.3 is 0 Å². The fourth-order valence-electron chi connectivity index (χ4n) is 2.38. The summed E-state index contributed by atoms with van der Waals surface area (Å²) >= 11 is 0. The van der Waals surface area contributed by atoms with Gasteiger partial charge in [-0.3, -0.25) is 4.57 Å². The highest BCUT2D eigenvalue weighted by molar-refractivity contribution is 7.91. The molecule has 0 unspecified atom stereocenters. The van der Waals surface area contributed by atoms with Gasteiger partial charge in [0.1, 0.15) is 12.1 Å². The van der Waals surface area contributed by atoms with Gasteiger partial charge < -0.3 is 0 Å². The Morgan fingerprint density at radius 1 is 1.13 bits per heavy atom. The van der Waals surface area contributed by atoms with Crippen molar-refractivity contribution in [1.82, 2.24) is 19.5 Å². The fourth-order valence-corrected chi connectivity index (χ4v) is 3.12. The van der Waals surface area contributed by atoms with Crippen LogP contribution >= 0.6 is 0 Å². The predicted molar refractivity (Wildman–Crippen MR) is 88.4 cm³/mol. The Labute approximate surface area is 135 Å². The highest BCUT2D eigenvalue weighted by atomic mass is 32.2. The summed E-state index contributed by atoms with van der Waals surface area (Å²) in [6.07, 6.45) is 3.24. The molecule has 0 radical (unpaired) electrons. The molecule has 0 saturated heterocycles. The van der Waals surface area contributed by atoms with E-state index in [0.717, 1.165) is 23.1 Å². The zero-order chi connectivity index (χ0) is 16.4. The molecule has 0 bridgehead atoms. The molecule has 0 amide bonds. The van der Waals surface area contributed by atoms with Crippen molar-refractivity contribution < 1.29 is 8.42 Å². The Morgan fingerprint density at radius 3 is 2.65 bits per heavy atom. The van der Waals surface area contributed by atoms with Gasteiger partial charge in [-0.1, -0.05) is 32.4 Å². The zero-order valence-electron chi connectivity index (χ0n) is 13.1. The van der Waals surface area contributed by atoms with Crippen LogP contribution in [0.5, 0.6) is 0 Å². The maximum absolute atomic E-state index is 12.2. The van der Waals surface area contributed by atoms with Crippen LogP contribution in [-0.2, 0) is 16.3 Å². The van der Waals surface area contributed by atoms with Crippen molar-refractivity contribution in [2.24, 2.45) is 0 Å². The SMILES string of the molecule is CCCc1cc(-n2cnc3ccccc32)nc(S(=O)(=O)CC)n1. The molecule has 23 heavy (non-hydrogen) atoms. The molecule has 6 nitrogen and oxygen atoms in total. The van der Waals surface area contributed by atoms with Crippen LogP contribution in [-0.4, -0.2) is 33.7 Å². The Morgan fingerprint density at radius 2 is 1.91 bits per heavy atom. The lowest BCUT2D eigenvalue weighted by molar-refractivity contribution is 0.586. The van der Waals surface area contributed by atoms with Gasteiger partial charge in [-0.2, -0.15) is 0 Å². The molecule has 3 rings (SSSR count). The minimum atomic E-state index is -3.46. The number of rotatable bonds is 5. The maximum atomic E-state index is 12.2. The van der Waals surface area contributed by atoms with Crippen LogP contribution in [0.15, 0.2) is 41.8 Å². The number of aryl methyl sites for hydroxylation is 1. The third-order valence-electron chi connectivity index (χ3n) is 3.61. The third kappa shape index (κ3) is 2.96. The monoisotopic (exact) mass is 330 g/mol. The number of aromatic nitrogens is 4. The minimum Gasteiger partial charge on any atom is -0.283 e. The van der Waals surface area contributed by atoms with E-state index in [-0.39, 0.29) is 10.9 Å². The van der Waals surface area contributed by atoms with E-state index in [1.165, 1.54) is 0 Å². The standard InChI is InChI=1S/C16H18N4O2S/c1-3-7-12-10-15(19-16(18-12)23(21,22)4-2)20-11-17-13-8-5-6-9-14(13)20/h5-6,8-11H,3-4,7H2,1-2H3. The van der Waals surface area contributed by atoms with E-state index < -0.39 is 9.84 Å². The number of benzene rings is 1. The van der Waals surface area contributed by atoms with Gasteiger partial charge in [-0.15, -0.1) is 0 Å². The summed E-state index contributed by atoms with van der Waals surface area (Å²) in [4.78, 5) is 12.8. The highest BCUT2D eigenvalue weighted by Crippen LogP contribution is 2.19. The van der Waals surface area contributed by atoms with E-state index in [4.69, 9.17) is 0 Å². The number of para-hydroxylation sites is 2. The molecule has 0 spiro atoms. The lowest BCUT2D eigenvalue weighted by Gasteiger charge is -2.09. The van der Waals surface area contributed by atoms with Crippen molar-refractivity contribution in [2.45, 2.75) is 31.8 Å². The third-order valence-corrected chi connectivity index (χ3v) is 5.11. The Hall–Kier alpha value is -2.28. The van der Waals surface area contributed by atoms with Crippen LogP contribution in [0.4, 0.5) is 0 Å². The van der Waals surface area contributed by atoms with Crippen LogP contribution in [0.25, 0.3) is 16.9 Å². The highest BCUT2D eigenvalue weighted by Gasteiger charge is 2.18. The van der Waals surface area contributed by atoms with Crippen molar-refractivity contribution in [3.05, 3.63) is 42.4 Å². The molecule has 3 aromatic rings. The maximum Gasteiger partial charge on any atom is 0.249 e. The molecular formula is C16H18N4O2S. The van der Waals surface area contributed by atoms with E-state index in [1.54, 1.807) is 17.8 Å². The van der Waals surface area contributed by atoms with Gasteiger partial charge in [-0.05, 0) is 18.6 Å². The second-order valence-electron chi connectivity index (χ2n) is 5.26. The summed E-state index contributed by atoms with van der Waals surface area (Å²) in [5.41, 5.74) is 2.44. The summed E-state index contributed by atoms with van der Waals surface area (Å²) in [6.45, 7) is 3.62. The second kappa shape index (κ2) is 6.08. The first-order chi connectivity index (χ1) is 11.0. The average molecular weight is 330 g/mol. The lowest BCUT2D eigenvalue weighted by Crippen LogP contribution is -2.13. The van der Waals surface area contributed by atoms with Crippen molar-refractivity contribution in [3.63, 3.8) is 0 Å². The van der Waals surface area contributed by atoms with Crippen LogP contribution in [0, 0.1) is 0 Å². The van der Waals surface area contributed by atoms with Crippen LogP contribution in [0.1, 0.15) is 26.0 Å². The average Bonchev–Trinajstić information content (AvgIpc) is 2.99. The van der Waals surface area contributed by atoms with Crippen LogP contribution in [0.2, 0.25) is 0 Å². The van der Waals surface area contributed by atoms with Gasteiger partial charge in [0, 0.05) is 11.8 Å². The van der Waals surface area contributed by atoms with Crippen LogP contribution in [0.3, 0.4) is 0 Å². The van der Waals surface area contributed by atoms with E-state index in [1.807, 2.05) is 37.3 Å². The van der Waals surface area contributed by atoms with Gasteiger partial charge in [0.25, 0.3) is 0 Å². The molecule has 2 aromatic heterocycles. The van der Waals surface area contributed by atoms with Crippen molar-refractivity contribution >= 4 is 20.9 Å². The van der Waals surface area contributed by atoms with Crippen LogP contribution < -0.4 is 0 Å². The number of hydrogen-bond donors (Lipinski definition) is 0. The van der Waals surface area contributed by atoms with Crippen molar-refractivity contribution in [1.29, 1.82) is 0 Å². The van der Waals surface area contributed by atoms with Gasteiger partial charge in [-0.25, -0.2) is 23.4 Å². The number of sulfone groups is 1. The molecule has 7 heteroatoms. The van der Waals surface area contributed by atoms with Gasteiger partial charge in [0.15, 0.2) is 0 Å². The summed E-state index contributed by atoms with van der Waals surface area (Å²) in [6, 6.07) is 9.49. The molecule has 0 fully saturated rings. The number of nitrogens with zero attached hydrogens (tertiary/aromatic N) is 4. The van der Waals surface area contributed by atoms with E-state index >= 15 is 0 Å². The summed E-state index contributed by atoms with van der Waals surface area (Å²) < 4.78 is 26.2. The van der Waals surface area contributed by atoms with E-state index in [9.17, 15) is 8.42 Å². The molecule has 120 valence electrons. The smallest absolute Gasteiger partial charge is 0.249 e. The molecule has 2 heterocycles. The molecule has 0 aliphatic carbocycles. The van der Waals surface area contributed by atoms with Crippen molar-refractivity contribution in [2.75, 3.05) is 5.75 Å². The number of hydrogen-bond acceptors (Lipinski definition) is 5. The van der Waals surface area contributed by atoms with Gasteiger partial charge in [0.2, 0.25) is 15.0 Å². The van der Waals surface area contributed by atoms with Gasteiger partial charge in [0.05, 0.1) is 16.8 Å². The molecule has 0 N–H and O–H groups in total. The first-order valence-electron chi connectivity index (χ1n) is 7.58. The van der Waals surface area contributed by atoms with E-state index in [0.29, 0.717) is 12.2 Å². The summed E-state index contributed by atoms with van der Waals surface area (Å²) in [5, 5.41) is -0.112. The largest absolute Gasteiger partial charge is 0.283 e. The number of fused-ring (bicyclic) bond motifs is 1. The number of imidazole rings is 1. The first-order valence-corrected chi connectivity index (χ1v) is 9.23. The lowest BCUT2D eigenvalue weighted by atomic mass is 10.2. The molecule has 0 aliphatic rings. The quantitative estimate of drug-likeness (QED) is 0.672. The molecule has 0 aliphatic heterocycles. The minimum absolute atomic E-state index is 0.0211.